The second kappa shape index (κ2) is 11.5. The predicted octanol–water partition coefficient (Wildman–Crippen LogP) is 2.23. The van der Waals surface area contributed by atoms with Crippen LogP contribution in [-0.2, 0) is 9.53 Å². The summed E-state index contributed by atoms with van der Waals surface area (Å²) < 4.78 is 15.4. The van der Waals surface area contributed by atoms with E-state index < -0.39 is 0 Å². The minimum atomic E-state index is -0.267. The van der Waals surface area contributed by atoms with Gasteiger partial charge in [-0.3, -0.25) is 9.69 Å². The Morgan fingerprint density at radius 3 is 2.15 bits per heavy atom. The molecule has 0 bridgehead atoms. The van der Waals surface area contributed by atoms with Crippen LogP contribution in [0.2, 0.25) is 0 Å². The molecule has 1 N–H and O–H groups in total. The molecule has 27 heavy (non-hydrogen) atoms. The van der Waals surface area contributed by atoms with Crippen LogP contribution in [0.5, 0.6) is 11.5 Å². The number of amides is 2. The molecule has 1 fully saturated rings. The van der Waals surface area contributed by atoms with Gasteiger partial charge in [-0.05, 0) is 6.92 Å². The topological polar surface area (TPSA) is 80.3 Å². The fraction of sp³-hybridized carbons (Fsp3) is 0.556. The number of carbonyl (C=O) groups excluding carboxylic acids is 2. The molecule has 1 aromatic carbocycles. The average molecular weight is 402 g/mol. The molecule has 2 amide bonds. The molecule has 0 aromatic heterocycles. The highest BCUT2D eigenvalue weighted by Gasteiger charge is 2.22. The van der Waals surface area contributed by atoms with Crippen molar-refractivity contribution in [3.05, 3.63) is 18.2 Å². The summed E-state index contributed by atoms with van der Waals surface area (Å²) in [5.74, 6) is 1.16. The minimum Gasteiger partial charge on any atom is -0.497 e. The monoisotopic (exact) mass is 401 g/mol. The van der Waals surface area contributed by atoms with E-state index in [0.29, 0.717) is 49.8 Å². The zero-order valence-corrected chi connectivity index (χ0v) is 16.8. The molecule has 1 aliphatic rings. The van der Waals surface area contributed by atoms with Gasteiger partial charge in [0, 0.05) is 63.0 Å². The third-order valence-electron chi connectivity index (χ3n) is 4.19. The highest BCUT2D eigenvalue weighted by molar-refractivity contribution is 5.91. The van der Waals surface area contributed by atoms with E-state index in [-0.39, 0.29) is 24.4 Å². The maximum Gasteiger partial charge on any atom is 0.409 e. The lowest BCUT2D eigenvalue weighted by atomic mass is 10.2. The SMILES string of the molecule is CCOC(=O)N1CCN(CCC(=O)Nc2cc(OC)cc(OC)c2)CC1.Cl. The summed E-state index contributed by atoms with van der Waals surface area (Å²) in [4.78, 5) is 27.8. The van der Waals surface area contributed by atoms with E-state index >= 15 is 0 Å². The van der Waals surface area contributed by atoms with E-state index in [1.54, 1.807) is 44.2 Å². The molecule has 0 saturated carbocycles. The number of benzene rings is 1. The third-order valence-corrected chi connectivity index (χ3v) is 4.19. The maximum atomic E-state index is 12.2. The average Bonchev–Trinajstić information content (AvgIpc) is 2.66. The van der Waals surface area contributed by atoms with Gasteiger partial charge in [-0.2, -0.15) is 0 Å². The molecule has 8 nitrogen and oxygen atoms in total. The van der Waals surface area contributed by atoms with Crippen LogP contribution in [-0.4, -0.2) is 75.4 Å². The first-order valence-corrected chi connectivity index (χ1v) is 8.72. The smallest absolute Gasteiger partial charge is 0.409 e. The summed E-state index contributed by atoms with van der Waals surface area (Å²) in [7, 11) is 3.13. The number of anilines is 1. The van der Waals surface area contributed by atoms with Gasteiger partial charge in [0.2, 0.25) is 5.91 Å². The Kier molecular flexibility index (Phi) is 9.74. The lowest BCUT2D eigenvalue weighted by molar-refractivity contribution is -0.116. The van der Waals surface area contributed by atoms with E-state index in [4.69, 9.17) is 14.2 Å². The second-order valence-corrected chi connectivity index (χ2v) is 5.93. The number of hydrogen-bond donors (Lipinski definition) is 1. The Bertz CT molecular complexity index is 599. The Balaban J connectivity index is 0.00000364. The Morgan fingerprint density at radius 1 is 1.04 bits per heavy atom. The molecule has 9 heteroatoms. The first-order chi connectivity index (χ1) is 12.5. The number of piperazine rings is 1. The molecule has 0 aliphatic carbocycles. The largest absolute Gasteiger partial charge is 0.497 e. The van der Waals surface area contributed by atoms with E-state index in [0.717, 1.165) is 13.1 Å². The van der Waals surface area contributed by atoms with Gasteiger partial charge in [0.15, 0.2) is 0 Å². The van der Waals surface area contributed by atoms with E-state index in [9.17, 15) is 9.59 Å². The van der Waals surface area contributed by atoms with Crippen molar-refractivity contribution in [2.75, 3.05) is 58.9 Å². The van der Waals surface area contributed by atoms with Crippen molar-refractivity contribution in [2.45, 2.75) is 13.3 Å². The molecule has 152 valence electrons. The lowest BCUT2D eigenvalue weighted by Gasteiger charge is -2.33. The molecule has 2 rings (SSSR count). The number of hydrogen-bond acceptors (Lipinski definition) is 6. The van der Waals surface area contributed by atoms with E-state index in [2.05, 4.69) is 10.2 Å². The van der Waals surface area contributed by atoms with Gasteiger partial charge < -0.3 is 24.4 Å². The van der Waals surface area contributed by atoms with Gasteiger partial charge in [0.25, 0.3) is 0 Å². The van der Waals surface area contributed by atoms with Gasteiger partial charge in [0.05, 0.1) is 20.8 Å². The van der Waals surface area contributed by atoms with Crippen molar-refractivity contribution in [1.29, 1.82) is 0 Å². The van der Waals surface area contributed by atoms with Gasteiger partial charge in [-0.25, -0.2) is 4.79 Å². The number of nitrogens with zero attached hydrogens (tertiary/aromatic N) is 2. The van der Waals surface area contributed by atoms with Crippen LogP contribution in [0.15, 0.2) is 18.2 Å². The molecule has 0 spiro atoms. The number of halogens is 1. The van der Waals surface area contributed by atoms with Crippen LogP contribution in [0, 0.1) is 0 Å². The van der Waals surface area contributed by atoms with Crippen LogP contribution in [0.4, 0.5) is 10.5 Å². The van der Waals surface area contributed by atoms with Crippen molar-refractivity contribution in [3.63, 3.8) is 0 Å². The fourth-order valence-corrected chi connectivity index (χ4v) is 2.73. The molecule has 0 radical (unpaired) electrons. The van der Waals surface area contributed by atoms with E-state index in [1.807, 2.05) is 0 Å². The fourth-order valence-electron chi connectivity index (χ4n) is 2.73. The highest BCUT2D eigenvalue weighted by atomic mass is 35.5. The van der Waals surface area contributed by atoms with Crippen LogP contribution in [0.3, 0.4) is 0 Å². The summed E-state index contributed by atoms with van der Waals surface area (Å²) in [5, 5.41) is 2.86. The molecular formula is C18H28ClN3O5. The quantitative estimate of drug-likeness (QED) is 0.754. The first-order valence-electron chi connectivity index (χ1n) is 8.72. The Labute approximate surface area is 166 Å². The maximum absolute atomic E-state index is 12.2. The zero-order valence-electron chi connectivity index (χ0n) is 16.0. The van der Waals surface area contributed by atoms with Gasteiger partial charge in [-0.15, -0.1) is 12.4 Å². The number of nitrogens with one attached hydrogen (secondary N) is 1. The number of methoxy groups -OCH3 is 2. The van der Waals surface area contributed by atoms with Crippen molar-refractivity contribution >= 4 is 30.1 Å². The van der Waals surface area contributed by atoms with Crippen LogP contribution < -0.4 is 14.8 Å². The highest BCUT2D eigenvalue weighted by Crippen LogP contribution is 2.25. The lowest BCUT2D eigenvalue weighted by Crippen LogP contribution is -2.49. The van der Waals surface area contributed by atoms with Crippen LogP contribution in [0.1, 0.15) is 13.3 Å². The summed E-state index contributed by atoms with van der Waals surface area (Å²) in [5.41, 5.74) is 0.637. The first kappa shape index (κ1) is 22.9. The van der Waals surface area contributed by atoms with Crippen LogP contribution >= 0.6 is 12.4 Å². The van der Waals surface area contributed by atoms with Crippen molar-refractivity contribution in [2.24, 2.45) is 0 Å². The van der Waals surface area contributed by atoms with Crippen molar-refractivity contribution in [1.82, 2.24) is 9.80 Å². The molecule has 1 aromatic rings. The molecule has 0 atom stereocenters. The van der Waals surface area contributed by atoms with Gasteiger partial charge in [0.1, 0.15) is 11.5 Å². The van der Waals surface area contributed by atoms with Crippen LogP contribution in [0.25, 0.3) is 0 Å². The van der Waals surface area contributed by atoms with Crippen molar-refractivity contribution in [3.8, 4) is 11.5 Å². The molecule has 1 heterocycles. The number of carbonyl (C=O) groups is 2. The van der Waals surface area contributed by atoms with E-state index in [1.165, 1.54) is 0 Å². The Morgan fingerprint density at radius 2 is 1.63 bits per heavy atom. The van der Waals surface area contributed by atoms with Gasteiger partial charge in [-0.1, -0.05) is 0 Å². The summed E-state index contributed by atoms with van der Waals surface area (Å²) in [6.45, 7) is 5.53. The summed E-state index contributed by atoms with van der Waals surface area (Å²) in [6.07, 6.45) is 0.107. The molecule has 1 aliphatic heterocycles. The minimum absolute atomic E-state index is 0. The Hall–Kier alpha value is -2.19. The molecular weight excluding hydrogens is 374 g/mol. The molecule has 0 unspecified atom stereocenters. The number of ether oxygens (including phenoxy) is 3. The van der Waals surface area contributed by atoms with Gasteiger partial charge >= 0.3 is 6.09 Å². The predicted molar refractivity (Wildman–Crippen MR) is 105 cm³/mol. The number of rotatable bonds is 7. The second-order valence-electron chi connectivity index (χ2n) is 5.93. The standard InChI is InChI=1S/C18H27N3O5.ClH/c1-4-26-18(23)21-9-7-20(8-10-21)6-5-17(22)19-14-11-15(24-2)13-16(12-14)25-3;/h11-13H,4-10H2,1-3H3,(H,19,22);1H. The summed E-state index contributed by atoms with van der Waals surface area (Å²) in [6, 6.07) is 5.25. The third kappa shape index (κ3) is 7.15. The molecule has 1 saturated heterocycles. The van der Waals surface area contributed by atoms with Crippen molar-refractivity contribution < 1.29 is 23.8 Å². The zero-order chi connectivity index (χ0) is 18.9. The normalized spacial score (nSPS) is 14.1. The summed E-state index contributed by atoms with van der Waals surface area (Å²) >= 11 is 0.